The van der Waals surface area contributed by atoms with Gasteiger partial charge < -0.3 is 4.42 Å². The molecule has 8 heteroatoms. The van der Waals surface area contributed by atoms with E-state index >= 15 is 0 Å². The maximum absolute atomic E-state index is 13.4. The molecule has 0 N–H and O–H groups in total. The monoisotopic (exact) mass is 589 g/mol. The second-order valence-corrected chi connectivity index (χ2v) is 13.4. The van der Waals surface area contributed by atoms with Crippen LogP contribution in [0.5, 0.6) is 0 Å². The third-order valence-corrected chi connectivity index (χ3v) is 9.64. The summed E-state index contributed by atoms with van der Waals surface area (Å²) in [7, 11) is -2.10. The molecule has 1 aromatic heterocycles. The Hall–Kier alpha value is -3.78. The predicted molar refractivity (Wildman–Crippen MR) is 164 cm³/mol. The zero-order chi connectivity index (χ0) is 30.2. The van der Waals surface area contributed by atoms with Crippen molar-refractivity contribution in [2.24, 2.45) is 5.92 Å². The van der Waals surface area contributed by atoms with Crippen molar-refractivity contribution in [3.8, 4) is 11.3 Å². The average Bonchev–Trinajstić information content (AvgIpc) is 3.35. The van der Waals surface area contributed by atoms with E-state index in [-0.39, 0.29) is 42.1 Å². The molecule has 0 radical (unpaired) electrons. The lowest BCUT2D eigenvalue weighted by Gasteiger charge is -2.31. The number of furan rings is 1. The molecule has 0 spiro atoms. The molecule has 220 valence electrons. The molecular formula is C34H36FNO5S. The Morgan fingerprint density at radius 2 is 1.71 bits per heavy atom. The van der Waals surface area contributed by atoms with Gasteiger partial charge in [-0.3, -0.25) is 13.9 Å². The van der Waals surface area contributed by atoms with Gasteiger partial charge in [0.2, 0.25) is 10.0 Å². The fourth-order valence-corrected chi connectivity index (χ4v) is 6.52. The fourth-order valence-electron chi connectivity index (χ4n) is 6.00. The van der Waals surface area contributed by atoms with Crippen molar-refractivity contribution in [3.63, 3.8) is 0 Å². The van der Waals surface area contributed by atoms with Crippen molar-refractivity contribution < 1.29 is 26.8 Å². The van der Waals surface area contributed by atoms with Crippen molar-refractivity contribution in [3.05, 3.63) is 88.7 Å². The minimum Gasteiger partial charge on any atom is -0.455 e. The van der Waals surface area contributed by atoms with Crippen molar-refractivity contribution in [2.75, 3.05) is 17.6 Å². The Balaban J connectivity index is 1.60. The number of nitrogens with zero attached hydrogens (tertiary/aromatic N) is 1. The molecular weight excluding hydrogens is 553 g/mol. The molecule has 1 heterocycles. The largest absolute Gasteiger partial charge is 0.455 e. The van der Waals surface area contributed by atoms with E-state index in [1.54, 1.807) is 18.2 Å². The van der Waals surface area contributed by atoms with Crippen LogP contribution in [-0.4, -0.2) is 33.3 Å². The fraction of sp³-hybridized carbons (Fsp3) is 0.353. The standard InChI is InChI=1S/C34H36FNO5S/c1-5-30(37)33-28-19-27(24-7-6-8-25(18-24)31(38)17-22-11-15-26(35)16-12-22)29(36(3)42(4,39)40)20-32(28)41-34(33)23-13-9-21(2)10-14-23/h9-16,19-20,24-25H,5-8,17-18H2,1-4H3/t24-,25?/m1/s1. The highest BCUT2D eigenvalue weighted by molar-refractivity contribution is 7.92. The Morgan fingerprint density at radius 3 is 2.36 bits per heavy atom. The molecule has 1 aliphatic rings. The summed E-state index contributed by atoms with van der Waals surface area (Å²) in [5.41, 5.74) is 4.84. The zero-order valence-corrected chi connectivity index (χ0v) is 25.3. The lowest BCUT2D eigenvalue weighted by Crippen LogP contribution is -2.28. The lowest BCUT2D eigenvalue weighted by molar-refractivity contribution is -0.123. The van der Waals surface area contributed by atoms with Crippen LogP contribution in [0.25, 0.3) is 22.3 Å². The smallest absolute Gasteiger partial charge is 0.232 e. The van der Waals surface area contributed by atoms with Gasteiger partial charge in [0.15, 0.2) is 5.78 Å². The average molecular weight is 590 g/mol. The van der Waals surface area contributed by atoms with Gasteiger partial charge >= 0.3 is 0 Å². The number of fused-ring (bicyclic) bond motifs is 1. The number of ketones is 2. The quantitative estimate of drug-likeness (QED) is 0.188. The number of carbonyl (C=O) groups is 2. The van der Waals surface area contributed by atoms with Crippen LogP contribution in [0.2, 0.25) is 0 Å². The first-order valence-electron chi connectivity index (χ1n) is 14.4. The van der Waals surface area contributed by atoms with Crippen LogP contribution in [-0.2, 0) is 21.2 Å². The van der Waals surface area contributed by atoms with Gasteiger partial charge in [-0.05, 0) is 61.4 Å². The number of aryl methyl sites for hydroxylation is 1. The highest BCUT2D eigenvalue weighted by Crippen LogP contribution is 2.45. The summed E-state index contributed by atoms with van der Waals surface area (Å²) in [6.07, 6.45) is 4.58. The molecule has 1 saturated carbocycles. The van der Waals surface area contributed by atoms with E-state index in [0.717, 1.165) is 47.8 Å². The number of halogens is 1. The summed E-state index contributed by atoms with van der Waals surface area (Å²) in [6, 6.07) is 17.4. The van der Waals surface area contributed by atoms with Gasteiger partial charge in [0, 0.05) is 42.8 Å². The van der Waals surface area contributed by atoms with Crippen LogP contribution in [0.1, 0.15) is 72.0 Å². The van der Waals surface area contributed by atoms with Crippen LogP contribution in [0.3, 0.4) is 0 Å². The zero-order valence-electron chi connectivity index (χ0n) is 24.4. The first-order chi connectivity index (χ1) is 20.0. The van der Waals surface area contributed by atoms with Gasteiger partial charge in [0.05, 0.1) is 17.5 Å². The summed E-state index contributed by atoms with van der Waals surface area (Å²) in [4.78, 5) is 26.6. The van der Waals surface area contributed by atoms with Gasteiger partial charge in [-0.1, -0.05) is 55.3 Å². The van der Waals surface area contributed by atoms with Crippen molar-refractivity contribution >= 4 is 38.2 Å². The molecule has 0 amide bonds. The van der Waals surface area contributed by atoms with Crippen LogP contribution in [0.4, 0.5) is 10.1 Å². The van der Waals surface area contributed by atoms with Crippen LogP contribution < -0.4 is 4.31 Å². The lowest BCUT2D eigenvalue weighted by atomic mass is 9.75. The van der Waals surface area contributed by atoms with Crippen molar-refractivity contribution in [2.45, 2.75) is 58.3 Å². The number of anilines is 1. The summed E-state index contributed by atoms with van der Waals surface area (Å²) in [6.45, 7) is 3.80. The predicted octanol–water partition coefficient (Wildman–Crippen LogP) is 7.62. The van der Waals surface area contributed by atoms with Gasteiger partial charge in [-0.25, -0.2) is 12.8 Å². The highest BCUT2D eigenvalue weighted by Gasteiger charge is 2.32. The van der Waals surface area contributed by atoms with E-state index in [9.17, 15) is 22.4 Å². The second kappa shape index (κ2) is 11.8. The Bertz CT molecular complexity index is 1740. The summed E-state index contributed by atoms with van der Waals surface area (Å²) >= 11 is 0. The summed E-state index contributed by atoms with van der Waals surface area (Å²) in [5.74, 6) is -0.129. The molecule has 0 aliphatic heterocycles. The van der Waals surface area contributed by atoms with Crippen molar-refractivity contribution in [1.29, 1.82) is 0 Å². The topological polar surface area (TPSA) is 84.7 Å². The number of carbonyl (C=O) groups excluding carboxylic acids is 2. The molecule has 1 aliphatic carbocycles. The molecule has 42 heavy (non-hydrogen) atoms. The van der Waals surface area contributed by atoms with E-state index in [1.165, 1.54) is 23.5 Å². The van der Waals surface area contributed by atoms with Gasteiger partial charge in [-0.2, -0.15) is 0 Å². The minimum absolute atomic E-state index is 0.0597. The number of sulfonamides is 1. The number of hydrogen-bond donors (Lipinski definition) is 0. The van der Waals surface area contributed by atoms with Gasteiger partial charge in [0.1, 0.15) is 22.9 Å². The van der Waals surface area contributed by atoms with E-state index < -0.39 is 10.0 Å². The highest BCUT2D eigenvalue weighted by atomic mass is 32.2. The number of rotatable bonds is 9. The minimum atomic E-state index is -3.61. The number of benzene rings is 3. The maximum atomic E-state index is 13.4. The van der Waals surface area contributed by atoms with Gasteiger partial charge in [0.25, 0.3) is 0 Å². The molecule has 5 rings (SSSR count). The Morgan fingerprint density at radius 1 is 1.02 bits per heavy atom. The third kappa shape index (κ3) is 6.04. The molecule has 2 atom stereocenters. The molecule has 0 bridgehead atoms. The van der Waals surface area contributed by atoms with Crippen LogP contribution >= 0.6 is 0 Å². The molecule has 1 fully saturated rings. The third-order valence-electron chi connectivity index (χ3n) is 8.45. The molecule has 3 aromatic carbocycles. The second-order valence-electron chi connectivity index (χ2n) is 11.4. The summed E-state index contributed by atoms with van der Waals surface area (Å²) < 4.78 is 46.4. The first-order valence-corrected chi connectivity index (χ1v) is 16.2. The number of Topliss-reactive ketones (excluding diaryl/α,β-unsaturated/α-hetero) is 2. The SMILES string of the molecule is CCC(=O)c1c(-c2ccc(C)cc2)oc2cc(N(C)S(C)(=O)=O)c([C@@H]3CCCC(C(=O)Cc4ccc(F)cc4)C3)cc12. The Kier molecular flexibility index (Phi) is 8.37. The molecule has 4 aromatic rings. The van der Waals surface area contributed by atoms with E-state index in [4.69, 9.17) is 4.42 Å². The normalized spacial score (nSPS) is 17.4. The molecule has 6 nitrogen and oxygen atoms in total. The Labute approximate surface area is 246 Å². The maximum Gasteiger partial charge on any atom is 0.232 e. The van der Waals surface area contributed by atoms with E-state index in [2.05, 4.69) is 0 Å². The van der Waals surface area contributed by atoms with E-state index in [0.29, 0.717) is 34.4 Å². The van der Waals surface area contributed by atoms with Crippen molar-refractivity contribution in [1.82, 2.24) is 0 Å². The first kappa shape index (κ1) is 29.7. The van der Waals surface area contributed by atoms with Gasteiger partial charge in [-0.15, -0.1) is 0 Å². The molecule has 0 saturated heterocycles. The van der Waals surface area contributed by atoms with Crippen LogP contribution in [0, 0.1) is 18.7 Å². The molecule has 1 unspecified atom stereocenters. The number of hydrogen-bond acceptors (Lipinski definition) is 5. The summed E-state index contributed by atoms with van der Waals surface area (Å²) in [5, 5.41) is 0.651. The van der Waals surface area contributed by atoms with Crippen LogP contribution in [0.15, 0.2) is 65.1 Å². The van der Waals surface area contributed by atoms with E-state index in [1.807, 2.05) is 44.2 Å².